The summed E-state index contributed by atoms with van der Waals surface area (Å²) in [6, 6.07) is 3.90. The van der Waals surface area contributed by atoms with Crippen LogP contribution in [0.3, 0.4) is 0 Å². The molecule has 1 aromatic rings. The molecule has 2 amide bonds. The third-order valence-corrected chi connectivity index (χ3v) is 3.42. The van der Waals surface area contributed by atoms with Crippen molar-refractivity contribution >= 4 is 27.7 Å². The summed E-state index contributed by atoms with van der Waals surface area (Å²) in [6.45, 7) is 2.56. The highest BCUT2D eigenvalue weighted by atomic mass is 79.9. The molecule has 1 unspecified atom stereocenters. The topological polar surface area (TPSA) is 84.2 Å². The lowest BCUT2D eigenvalue weighted by atomic mass is 10.2. The molecule has 7 heteroatoms. The first-order valence-corrected chi connectivity index (χ1v) is 7.45. The minimum absolute atomic E-state index is 0.0373. The molecule has 0 aromatic heterocycles. The fraction of sp³-hybridized carbons (Fsp3) is 0.429. The molecule has 0 aliphatic carbocycles. The molecule has 116 valence electrons. The first-order valence-electron chi connectivity index (χ1n) is 6.65. The first-order chi connectivity index (χ1) is 9.90. The molecule has 0 heterocycles. The van der Waals surface area contributed by atoms with Gasteiger partial charge in [-0.1, -0.05) is 0 Å². The molecule has 0 saturated heterocycles. The Morgan fingerprint density at radius 3 is 2.71 bits per heavy atom. The van der Waals surface area contributed by atoms with E-state index in [0.717, 1.165) is 6.07 Å². The van der Waals surface area contributed by atoms with E-state index in [-0.39, 0.29) is 30.5 Å². The molecule has 0 aliphatic heterocycles. The second-order valence-electron chi connectivity index (χ2n) is 4.75. The van der Waals surface area contributed by atoms with E-state index in [4.69, 9.17) is 5.73 Å². The monoisotopic (exact) mass is 359 g/mol. The number of carbonyl (C=O) groups excluding carboxylic acids is 2. The van der Waals surface area contributed by atoms with Crippen LogP contribution in [-0.2, 0) is 4.79 Å². The predicted molar refractivity (Wildman–Crippen MR) is 82.3 cm³/mol. The number of halogens is 2. The summed E-state index contributed by atoms with van der Waals surface area (Å²) >= 11 is 3.18. The molecule has 1 rings (SSSR count). The van der Waals surface area contributed by atoms with Crippen molar-refractivity contribution in [2.75, 3.05) is 13.1 Å². The highest BCUT2D eigenvalue weighted by Gasteiger charge is 2.11. The largest absolute Gasteiger partial charge is 0.356 e. The van der Waals surface area contributed by atoms with Gasteiger partial charge in [0.15, 0.2) is 0 Å². The summed E-state index contributed by atoms with van der Waals surface area (Å²) < 4.78 is 13.6. The van der Waals surface area contributed by atoms with Gasteiger partial charge in [-0.05, 0) is 47.5 Å². The van der Waals surface area contributed by atoms with Crippen LogP contribution in [-0.4, -0.2) is 30.9 Å². The van der Waals surface area contributed by atoms with Crippen molar-refractivity contribution in [1.29, 1.82) is 0 Å². The standard InChI is InChI=1S/C14H19BrFN3O2/c1-9(17)4-6-18-13(20)5-7-19-14(21)11-8-10(16)2-3-12(11)15/h2-3,8-9H,4-7,17H2,1H3,(H,18,20)(H,19,21). The number of hydrogen-bond acceptors (Lipinski definition) is 3. The van der Waals surface area contributed by atoms with Crippen LogP contribution >= 0.6 is 15.9 Å². The van der Waals surface area contributed by atoms with Gasteiger partial charge in [0.1, 0.15) is 5.82 Å². The Kier molecular flexibility index (Phi) is 7.31. The number of rotatable bonds is 7. The van der Waals surface area contributed by atoms with E-state index in [1.165, 1.54) is 12.1 Å². The smallest absolute Gasteiger partial charge is 0.252 e. The molecule has 1 atom stereocenters. The van der Waals surface area contributed by atoms with Gasteiger partial charge in [-0.2, -0.15) is 0 Å². The first kappa shape index (κ1) is 17.6. The van der Waals surface area contributed by atoms with Crippen molar-refractivity contribution < 1.29 is 14.0 Å². The van der Waals surface area contributed by atoms with Crippen LogP contribution in [0.5, 0.6) is 0 Å². The number of hydrogen-bond donors (Lipinski definition) is 3. The molecule has 0 fully saturated rings. The minimum atomic E-state index is -0.489. The SMILES string of the molecule is CC(N)CCNC(=O)CCNC(=O)c1cc(F)ccc1Br. The van der Waals surface area contributed by atoms with Crippen LogP contribution < -0.4 is 16.4 Å². The normalized spacial score (nSPS) is 11.8. The minimum Gasteiger partial charge on any atom is -0.356 e. The quantitative estimate of drug-likeness (QED) is 0.690. The lowest BCUT2D eigenvalue weighted by Gasteiger charge is -2.09. The summed E-state index contributed by atoms with van der Waals surface area (Å²) in [5.74, 6) is -1.07. The zero-order valence-corrected chi connectivity index (χ0v) is 13.4. The molecule has 0 radical (unpaired) electrons. The van der Waals surface area contributed by atoms with Crippen LogP contribution in [0.15, 0.2) is 22.7 Å². The van der Waals surface area contributed by atoms with E-state index in [2.05, 4.69) is 26.6 Å². The fourth-order valence-electron chi connectivity index (χ4n) is 1.58. The Morgan fingerprint density at radius 1 is 1.33 bits per heavy atom. The Morgan fingerprint density at radius 2 is 2.05 bits per heavy atom. The predicted octanol–water partition coefficient (Wildman–Crippen LogP) is 1.56. The zero-order chi connectivity index (χ0) is 15.8. The van der Waals surface area contributed by atoms with Crippen molar-refractivity contribution in [2.45, 2.75) is 25.8 Å². The summed E-state index contributed by atoms with van der Waals surface area (Å²) in [5.41, 5.74) is 5.77. The average Bonchev–Trinajstić information content (AvgIpc) is 2.41. The Labute approximate surface area is 131 Å². The molecule has 4 N–H and O–H groups in total. The molecular formula is C14H19BrFN3O2. The van der Waals surface area contributed by atoms with Gasteiger partial charge >= 0.3 is 0 Å². The Hall–Kier alpha value is -1.47. The van der Waals surface area contributed by atoms with E-state index in [1.807, 2.05) is 6.92 Å². The number of amides is 2. The van der Waals surface area contributed by atoms with Crippen LogP contribution in [0.2, 0.25) is 0 Å². The van der Waals surface area contributed by atoms with Crippen molar-refractivity contribution in [3.8, 4) is 0 Å². The summed E-state index contributed by atoms with van der Waals surface area (Å²) in [5, 5.41) is 5.28. The van der Waals surface area contributed by atoms with Crippen LogP contribution in [0.1, 0.15) is 30.1 Å². The lowest BCUT2D eigenvalue weighted by molar-refractivity contribution is -0.120. The van der Waals surface area contributed by atoms with Crippen molar-refractivity contribution in [1.82, 2.24) is 10.6 Å². The Bertz CT molecular complexity index is 509. The Balaban J connectivity index is 2.33. The molecule has 0 bridgehead atoms. The van der Waals surface area contributed by atoms with Crippen molar-refractivity contribution in [3.63, 3.8) is 0 Å². The number of benzene rings is 1. The zero-order valence-electron chi connectivity index (χ0n) is 11.8. The molecule has 1 aromatic carbocycles. The average molecular weight is 360 g/mol. The molecule has 0 spiro atoms. The number of nitrogens with two attached hydrogens (primary N) is 1. The molecule has 0 saturated carbocycles. The van der Waals surface area contributed by atoms with Gasteiger partial charge in [-0.25, -0.2) is 4.39 Å². The van der Waals surface area contributed by atoms with E-state index < -0.39 is 11.7 Å². The van der Waals surface area contributed by atoms with E-state index in [1.54, 1.807) is 0 Å². The van der Waals surface area contributed by atoms with Gasteiger partial charge in [0.2, 0.25) is 5.91 Å². The van der Waals surface area contributed by atoms with Gasteiger partial charge in [0, 0.05) is 30.0 Å². The maximum absolute atomic E-state index is 13.1. The number of nitrogens with one attached hydrogen (secondary N) is 2. The van der Waals surface area contributed by atoms with Crippen molar-refractivity contribution in [3.05, 3.63) is 34.1 Å². The summed E-state index contributed by atoms with van der Waals surface area (Å²) in [6.07, 6.45) is 0.867. The third-order valence-electron chi connectivity index (χ3n) is 2.73. The van der Waals surface area contributed by atoms with Gasteiger partial charge in [0.05, 0.1) is 5.56 Å². The van der Waals surface area contributed by atoms with Crippen LogP contribution in [0.25, 0.3) is 0 Å². The maximum Gasteiger partial charge on any atom is 0.252 e. The maximum atomic E-state index is 13.1. The van der Waals surface area contributed by atoms with Gasteiger partial charge in [-0.15, -0.1) is 0 Å². The molecule has 0 aliphatic rings. The number of carbonyl (C=O) groups is 2. The van der Waals surface area contributed by atoms with Crippen LogP contribution in [0, 0.1) is 5.82 Å². The van der Waals surface area contributed by atoms with E-state index in [9.17, 15) is 14.0 Å². The van der Waals surface area contributed by atoms with Gasteiger partial charge in [0.25, 0.3) is 5.91 Å². The molecular weight excluding hydrogens is 341 g/mol. The highest BCUT2D eigenvalue weighted by molar-refractivity contribution is 9.10. The molecule has 21 heavy (non-hydrogen) atoms. The fourth-order valence-corrected chi connectivity index (χ4v) is 2.01. The third kappa shape index (κ3) is 6.68. The van der Waals surface area contributed by atoms with Gasteiger partial charge < -0.3 is 16.4 Å². The summed E-state index contributed by atoms with van der Waals surface area (Å²) in [7, 11) is 0. The van der Waals surface area contributed by atoms with Crippen LogP contribution in [0.4, 0.5) is 4.39 Å². The van der Waals surface area contributed by atoms with Crippen molar-refractivity contribution in [2.24, 2.45) is 5.73 Å². The lowest BCUT2D eigenvalue weighted by Crippen LogP contribution is -2.32. The van der Waals surface area contributed by atoms with E-state index in [0.29, 0.717) is 17.4 Å². The second kappa shape index (κ2) is 8.74. The highest BCUT2D eigenvalue weighted by Crippen LogP contribution is 2.17. The van der Waals surface area contributed by atoms with Gasteiger partial charge in [-0.3, -0.25) is 9.59 Å². The molecule has 5 nitrogen and oxygen atoms in total. The van der Waals surface area contributed by atoms with E-state index >= 15 is 0 Å². The summed E-state index contributed by atoms with van der Waals surface area (Å²) in [4.78, 5) is 23.3. The second-order valence-corrected chi connectivity index (χ2v) is 5.60.